The summed E-state index contributed by atoms with van der Waals surface area (Å²) >= 11 is 0. The average molecular weight is 287 g/mol. The van der Waals surface area contributed by atoms with Crippen molar-refractivity contribution in [1.82, 2.24) is 14.9 Å². The molecule has 0 unspecified atom stereocenters. The van der Waals surface area contributed by atoms with Crippen molar-refractivity contribution in [2.75, 3.05) is 6.61 Å². The highest BCUT2D eigenvalue weighted by Gasteiger charge is 2.29. The smallest absolute Gasteiger partial charge is 0.342 e. The fourth-order valence-electron chi connectivity index (χ4n) is 2.16. The molecule has 0 saturated heterocycles. The highest BCUT2D eigenvalue weighted by molar-refractivity contribution is 7.89. The van der Waals surface area contributed by atoms with E-state index in [-0.39, 0.29) is 23.2 Å². The number of aromatic amines is 1. The monoisotopic (exact) mass is 287 g/mol. The zero-order chi connectivity index (χ0) is 13.9. The number of nitrogens with zero attached hydrogens (tertiary/aromatic N) is 1. The number of esters is 1. The van der Waals surface area contributed by atoms with E-state index in [0.717, 1.165) is 25.7 Å². The van der Waals surface area contributed by atoms with Gasteiger partial charge in [0.2, 0.25) is 0 Å². The predicted octanol–water partition coefficient (Wildman–Crippen LogP) is 0.807. The van der Waals surface area contributed by atoms with Gasteiger partial charge in [0.25, 0.3) is 10.0 Å². The maximum atomic E-state index is 12.2. The lowest BCUT2D eigenvalue weighted by Gasteiger charge is -2.12. The van der Waals surface area contributed by atoms with E-state index in [0.29, 0.717) is 0 Å². The highest BCUT2D eigenvalue weighted by atomic mass is 32.2. The van der Waals surface area contributed by atoms with Gasteiger partial charge in [-0.2, -0.15) is 5.10 Å². The van der Waals surface area contributed by atoms with Crippen LogP contribution in [0.2, 0.25) is 0 Å². The minimum absolute atomic E-state index is 0.0626. The zero-order valence-corrected chi connectivity index (χ0v) is 11.5. The van der Waals surface area contributed by atoms with Crippen LogP contribution in [0.4, 0.5) is 0 Å². The molecule has 0 amide bonds. The van der Waals surface area contributed by atoms with Gasteiger partial charge in [-0.05, 0) is 19.8 Å². The van der Waals surface area contributed by atoms with Gasteiger partial charge in [-0.25, -0.2) is 17.9 Å². The molecule has 2 N–H and O–H groups in total. The second-order valence-electron chi connectivity index (χ2n) is 4.44. The normalized spacial score (nSPS) is 16.7. The van der Waals surface area contributed by atoms with E-state index in [2.05, 4.69) is 14.9 Å². The highest BCUT2D eigenvalue weighted by Crippen LogP contribution is 2.21. The number of sulfonamides is 1. The summed E-state index contributed by atoms with van der Waals surface area (Å²) in [7, 11) is -3.76. The largest absolute Gasteiger partial charge is 0.462 e. The fourth-order valence-corrected chi connectivity index (χ4v) is 3.55. The number of carbonyl (C=O) groups excluding carboxylic acids is 1. The topological polar surface area (TPSA) is 101 Å². The molecule has 0 radical (unpaired) electrons. The Kier molecular flexibility index (Phi) is 4.20. The van der Waals surface area contributed by atoms with E-state index in [1.54, 1.807) is 6.92 Å². The van der Waals surface area contributed by atoms with E-state index >= 15 is 0 Å². The van der Waals surface area contributed by atoms with Gasteiger partial charge in [-0.1, -0.05) is 12.8 Å². The van der Waals surface area contributed by atoms with Crippen LogP contribution in [0, 0.1) is 0 Å². The number of ether oxygens (including phenoxy) is 1. The third-order valence-electron chi connectivity index (χ3n) is 3.05. The van der Waals surface area contributed by atoms with Gasteiger partial charge in [0.05, 0.1) is 12.8 Å². The van der Waals surface area contributed by atoms with Gasteiger partial charge in [0.1, 0.15) is 5.56 Å². The van der Waals surface area contributed by atoms with Crippen molar-refractivity contribution < 1.29 is 17.9 Å². The molecule has 1 fully saturated rings. The summed E-state index contributed by atoms with van der Waals surface area (Å²) in [4.78, 5) is 11.6. The maximum Gasteiger partial charge on any atom is 0.342 e. The Hall–Kier alpha value is -1.41. The molecule has 106 valence electrons. The summed E-state index contributed by atoms with van der Waals surface area (Å²) in [5, 5.41) is 5.76. The predicted molar refractivity (Wildman–Crippen MR) is 67.1 cm³/mol. The standard InChI is InChI=1S/C11H17N3O4S/c1-2-18-11(15)9-7-12-13-10(9)19(16,17)14-8-5-3-4-6-8/h7-8,14H,2-6H2,1H3,(H,12,13). The summed E-state index contributed by atoms with van der Waals surface area (Å²) in [5.74, 6) is -0.692. The Morgan fingerprint density at radius 1 is 1.53 bits per heavy atom. The van der Waals surface area contributed by atoms with Crippen LogP contribution < -0.4 is 4.72 Å². The van der Waals surface area contributed by atoms with E-state index in [1.165, 1.54) is 6.20 Å². The summed E-state index contributed by atoms with van der Waals surface area (Å²) < 4.78 is 31.8. The maximum absolute atomic E-state index is 12.2. The molecule has 19 heavy (non-hydrogen) atoms. The molecule has 0 bridgehead atoms. The zero-order valence-electron chi connectivity index (χ0n) is 10.7. The number of aromatic nitrogens is 2. The number of hydrogen-bond donors (Lipinski definition) is 2. The molecule has 0 spiro atoms. The van der Waals surface area contributed by atoms with Crippen LogP contribution in [0.3, 0.4) is 0 Å². The van der Waals surface area contributed by atoms with Gasteiger partial charge in [0, 0.05) is 6.04 Å². The van der Waals surface area contributed by atoms with Crippen molar-refractivity contribution in [1.29, 1.82) is 0 Å². The van der Waals surface area contributed by atoms with E-state index in [1.807, 2.05) is 0 Å². The quantitative estimate of drug-likeness (QED) is 0.780. The van der Waals surface area contributed by atoms with Crippen LogP contribution in [0.25, 0.3) is 0 Å². The van der Waals surface area contributed by atoms with Crippen LogP contribution in [0.1, 0.15) is 43.0 Å². The van der Waals surface area contributed by atoms with Crippen LogP contribution >= 0.6 is 0 Å². The minimum Gasteiger partial charge on any atom is -0.462 e. The molecule has 8 heteroatoms. The summed E-state index contributed by atoms with van der Waals surface area (Å²) in [6, 6.07) is -0.0663. The van der Waals surface area contributed by atoms with Crippen molar-refractivity contribution in [3.8, 4) is 0 Å². The Balaban J connectivity index is 2.20. The lowest BCUT2D eigenvalue weighted by atomic mass is 10.3. The first kappa shape index (κ1) is 14.0. The Labute approximate surface area is 111 Å². The van der Waals surface area contributed by atoms with E-state index in [9.17, 15) is 13.2 Å². The lowest BCUT2D eigenvalue weighted by Crippen LogP contribution is -2.33. The fraction of sp³-hybridized carbons (Fsp3) is 0.636. The number of carbonyl (C=O) groups is 1. The summed E-state index contributed by atoms with van der Waals surface area (Å²) in [5.41, 5.74) is -0.0626. The molecular weight excluding hydrogens is 270 g/mol. The van der Waals surface area contributed by atoms with Gasteiger partial charge >= 0.3 is 5.97 Å². The Morgan fingerprint density at radius 3 is 2.84 bits per heavy atom. The molecule has 1 saturated carbocycles. The van der Waals surface area contributed by atoms with Crippen LogP contribution in [0.5, 0.6) is 0 Å². The third-order valence-corrected chi connectivity index (χ3v) is 4.54. The van der Waals surface area contributed by atoms with Gasteiger partial charge < -0.3 is 4.74 Å². The Bertz CT molecular complexity index is 546. The molecule has 0 atom stereocenters. The van der Waals surface area contributed by atoms with E-state index < -0.39 is 16.0 Å². The number of nitrogens with one attached hydrogen (secondary N) is 2. The Morgan fingerprint density at radius 2 is 2.21 bits per heavy atom. The molecule has 0 aliphatic heterocycles. The average Bonchev–Trinajstić information content (AvgIpc) is 2.98. The molecule has 1 aliphatic carbocycles. The van der Waals surface area contributed by atoms with Crippen LogP contribution in [-0.4, -0.2) is 37.2 Å². The third kappa shape index (κ3) is 3.13. The van der Waals surface area contributed by atoms with E-state index in [4.69, 9.17) is 4.74 Å². The molecule has 1 aromatic rings. The molecule has 1 heterocycles. The SMILES string of the molecule is CCOC(=O)c1cn[nH]c1S(=O)(=O)NC1CCCC1. The summed E-state index contributed by atoms with van der Waals surface area (Å²) in [6.45, 7) is 1.84. The first-order valence-electron chi connectivity index (χ1n) is 6.27. The number of hydrogen-bond acceptors (Lipinski definition) is 5. The first-order valence-corrected chi connectivity index (χ1v) is 7.75. The minimum atomic E-state index is -3.76. The second kappa shape index (κ2) is 5.70. The van der Waals surface area contributed by atoms with Crippen LogP contribution in [0.15, 0.2) is 11.2 Å². The molecule has 7 nitrogen and oxygen atoms in total. The van der Waals surface area contributed by atoms with Gasteiger partial charge in [-0.3, -0.25) is 5.10 Å². The molecule has 1 aromatic heterocycles. The van der Waals surface area contributed by atoms with Gasteiger partial charge in [0.15, 0.2) is 5.03 Å². The molecule has 1 aliphatic rings. The number of rotatable bonds is 5. The molecule has 0 aromatic carbocycles. The first-order chi connectivity index (χ1) is 9.04. The van der Waals surface area contributed by atoms with Crippen molar-refractivity contribution in [2.45, 2.75) is 43.7 Å². The van der Waals surface area contributed by atoms with Crippen molar-refractivity contribution in [3.63, 3.8) is 0 Å². The van der Waals surface area contributed by atoms with Crippen molar-refractivity contribution in [3.05, 3.63) is 11.8 Å². The molecule has 2 rings (SSSR count). The molecular formula is C11H17N3O4S. The number of H-pyrrole nitrogens is 1. The second-order valence-corrected chi connectivity index (χ2v) is 6.09. The van der Waals surface area contributed by atoms with Crippen molar-refractivity contribution >= 4 is 16.0 Å². The van der Waals surface area contributed by atoms with Gasteiger partial charge in [-0.15, -0.1) is 0 Å². The van der Waals surface area contributed by atoms with Crippen molar-refractivity contribution in [2.24, 2.45) is 0 Å². The summed E-state index contributed by atoms with van der Waals surface area (Å²) in [6.07, 6.45) is 4.84. The van der Waals surface area contributed by atoms with Crippen LogP contribution in [-0.2, 0) is 14.8 Å². The lowest BCUT2D eigenvalue weighted by molar-refractivity contribution is 0.0522.